The highest BCUT2D eigenvalue weighted by atomic mass is 16.4. The zero-order valence-electron chi connectivity index (χ0n) is 17.2. The summed E-state index contributed by atoms with van der Waals surface area (Å²) < 4.78 is 0. The van der Waals surface area contributed by atoms with Gasteiger partial charge >= 0.3 is 5.97 Å². The Balaban J connectivity index is 2.13. The van der Waals surface area contributed by atoms with Gasteiger partial charge in [-0.05, 0) is 29.7 Å². The normalized spacial score (nSPS) is 13.4. The minimum Gasteiger partial charge on any atom is -0.508 e. The number of primary amides is 1. The van der Waals surface area contributed by atoms with Crippen molar-refractivity contribution in [3.05, 3.63) is 65.7 Å². The van der Waals surface area contributed by atoms with E-state index in [0.29, 0.717) is 5.56 Å². The molecule has 0 spiro atoms. The molecule has 0 radical (unpaired) electrons. The Morgan fingerprint density at radius 2 is 1.38 bits per heavy atom. The number of phenolic OH excluding ortho intramolecular Hbond substituents is 1. The second-order valence-electron chi connectivity index (χ2n) is 7.30. The summed E-state index contributed by atoms with van der Waals surface area (Å²) in [5.74, 6) is -3.64. The van der Waals surface area contributed by atoms with Gasteiger partial charge in [0.25, 0.3) is 0 Å². The molecule has 0 unspecified atom stereocenters. The lowest BCUT2D eigenvalue weighted by Gasteiger charge is -2.23. The summed E-state index contributed by atoms with van der Waals surface area (Å²) in [6.45, 7) is 0. The molecular formula is C22H26N4O6. The van der Waals surface area contributed by atoms with Crippen LogP contribution in [0.4, 0.5) is 0 Å². The predicted molar refractivity (Wildman–Crippen MR) is 115 cm³/mol. The zero-order chi connectivity index (χ0) is 23.7. The van der Waals surface area contributed by atoms with Crippen molar-refractivity contribution in [1.82, 2.24) is 10.6 Å². The van der Waals surface area contributed by atoms with Gasteiger partial charge in [0.05, 0.1) is 12.5 Å². The topological polar surface area (TPSA) is 185 Å². The summed E-state index contributed by atoms with van der Waals surface area (Å²) in [6.07, 6.45) is -0.355. The van der Waals surface area contributed by atoms with E-state index in [1.165, 1.54) is 12.1 Å². The average molecular weight is 442 g/mol. The number of carbonyl (C=O) groups is 4. The number of carboxylic acids is 1. The van der Waals surface area contributed by atoms with Gasteiger partial charge in [-0.1, -0.05) is 42.5 Å². The predicted octanol–water partition coefficient (Wildman–Crippen LogP) is -0.566. The highest BCUT2D eigenvalue weighted by Gasteiger charge is 2.29. The van der Waals surface area contributed by atoms with Crippen LogP contribution in [0, 0.1) is 0 Å². The Morgan fingerprint density at radius 3 is 1.94 bits per heavy atom. The lowest BCUT2D eigenvalue weighted by molar-refractivity contribution is -0.143. The van der Waals surface area contributed by atoms with Crippen molar-refractivity contribution in [3.8, 4) is 5.75 Å². The second-order valence-corrected chi connectivity index (χ2v) is 7.30. The number of nitrogens with one attached hydrogen (secondary N) is 2. The maximum atomic E-state index is 12.8. The highest BCUT2D eigenvalue weighted by Crippen LogP contribution is 2.11. The van der Waals surface area contributed by atoms with Crippen LogP contribution in [0.25, 0.3) is 0 Å². The lowest BCUT2D eigenvalue weighted by Crippen LogP contribution is -2.56. The number of nitrogens with two attached hydrogens (primary N) is 2. The van der Waals surface area contributed by atoms with Gasteiger partial charge in [0.15, 0.2) is 0 Å². The molecular weight excluding hydrogens is 416 g/mol. The number of phenols is 1. The fraction of sp³-hybridized carbons (Fsp3) is 0.273. The monoisotopic (exact) mass is 442 g/mol. The average Bonchev–Trinajstić information content (AvgIpc) is 2.74. The molecule has 0 bridgehead atoms. The van der Waals surface area contributed by atoms with Crippen molar-refractivity contribution in [1.29, 1.82) is 0 Å². The Hall–Kier alpha value is -3.92. The minimum atomic E-state index is -1.53. The van der Waals surface area contributed by atoms with E-state index >= 15 is 0 Å². The van der Waals surface area contributed by atoms with Crippen LogP contribution >= 0.6 is 0 Å². The first-order chi connectivity index (χ1) is 15.2. The van der Waals surface area contributed by atoms with E-state index in [9.17, 15) is 29.4 Å². The molecule has 10 nitrogen and oxygen atoms in total. The van der Waals surface area contributed by atoms with Gasteiger partial charge in [0.1, 0.15) is 17.8 Å². The van der Waals surface area contributed by atoms with E-state index in [-0.39, 0.29) is 18.6 Å². The molecule has 170 valence electrons. The van der Waals surface area contributed by atoms with Crippen molar-refractivity contribution < 1.29 is 29.4 Å². The smallest absolute Gasteiger partial charge is 0.326 e. The number of hydrogen-bond acceptors (Lipinski definition) is 6. The molecule has 0 aliphatic heterocycles. The Labute approximate surface area is 184 Å². The molecule has 32 heavy (non-hydrogen) atoms. The maximum Gasteiger partial charge on any atom is 0.326 e. The third-order valence-corrected chi connectivity index (χ3v) is 4.66. The van der Waals surface area contributed by atoms with E-state index in [4.69, 9.17) is 11.5 Å². The van der Waals surface area contributed by atoms with Crippen LogP contribution in [-0.2, 0) is 32.0 Å². The van der Waals surface area contributed by atoms with Gasteiger partial charge in [0.2, 0.25) is 17.7 Å². The number of rotatable bonds is 11. The molecule has 0 saturated carbocycles. The number of carboxylic acid groups (broad SMARTS) is 1. The molecule has 2 rings (SSSR count). The molecule has 0 saturated heterocycles. The van der Waals surface area contributed by atoms with E-state index < -0.39 is 48.2 Å². The largest absolute Gasteiger partial charge is 0.508 e. The van der Waals surface area contributed by atoms with Crippen LogP contribution in [0.3, 0.4) is 0 Å². The number of benzene rings is 2. The van der Waals surface area contributed by atoms with Crippen LogP contribution < -0.4 is 22.1 Å². The second kappa shape index (κ2) is 11.5. The molecule has 0 fully saturated rings. The molecule has 0 heterocycles. The molecule has 0 aliphatic rings. The van der Waals surface area contributed by atoms with Gasteiger partial charge in [-0.25, -0.2) is 4.79 Å². The maximum absolute atomic E-state index is 12.8. The summed E-state index contributed by atoms with van der Waals surface area (Å²) in [5.41, 5.74) is 12.5. The van der Waals surface area contributed by atoms with Crippen LogP contribution in [-0.4, -0.2) is 52.0 Å². The minimum absolute atomic E-state index is 0.0766. The first-order valence-corrected chi connectivity index (χ1v) is 9.85. The van der Waals surface area contributed by atoms with Crippen LogP contribution in [0.2, 0.25) is 0 Å². The zero-order valence-corrected chi connectivity index (χ0v) is 17.2. The Kier molecular flexibility index (Phi) is 8.72. The van der Waals surface area contributed by atoms with Crippen molar-refractivity contribution >= 4 is 23.7 Å². The van der Waals surface area contributed by atoms with Crippen molar-refractivity contribution in [2.24, 2.45) is 11.5 Å². The third-order valence-electron chi connectivity index (χ3n) is 4.66. The fourth-order valence-corrected chi connectivity index (χ4v) is 2.99. The quantitative estimate of drug-likeness (QED) is 0.269. The number of amides is 3. The molecule has 0 aromatic heterocycles. The number of aliphatic carboxylic acids is 1. The summed E-state index contributed by atoms with van der Waals surface area (Å²) in [6, 6.07) is 11.3. The van der Waals surface area contributed by atoms with Crippen molar-refractivity contribution in [3.63, 3.8) is 0 Å². The number of aromatic hydroxyl groups is 1. The molecule has 3 atom stereocenters. The summed E-state index contributed by atoms with van der Waals surface area (Å²) >= 11 is 0. The number of hydrogen-bond donors (Lipinski definition) is 6. The SMILES string of the molecule is NC(=O)C[C@H](NC(=O)[C@H](Cc1ccccc1)NC(=O)[C@@H](N)Cc1ccc(O)cc1)C(=O)O. The molecule has 2 aromatic rings. The van der Waals surface area contributed by atoms with Gasteiger partial charge in [0, 0.05) is 6.42 Å². The van der Waals surface area contributed by atoms with Gasteiger partial charge in [-0.2, -0.15) is 0 Å². The highest BCUT2D eigenvalue weighted by molar-refractivity contribution is 5.93. The fourth-order valence-electron chi connectivity index (χ4n) is 2.99. The molecule has 8 N–H and O–H groups in total. The number of carbonyl (C=O) groups excluding carboxylic acids is 3. The van der Waals surface area contributed by atoms with Gasteiger partial charge in [-0.15, -0.1) is 0 Å². The van der Waals surface area contributed by atoms with Crippen LogP contribution in [0.5, 0.6) is 5.75 Å². The third kappa shape index (κ3) is 7.73. The Morgan fingerprint density at radius 1 is 0.812 bits per heavy atom. The van der Waals surface area contributed by atoms with Crippen molar-refractivity contribution in [2.75, 3.05) is 0 Å². The first kappa shape index (κ1) is 24.4. The molecule has 2 aromatic carbocycles. The molecule has 0 aliphatic carbocycles. The molecule has 3 amide bonds. The van der Waals surface area contributed by atoms with Crippen LogP contribution in [0.15, 0.2) is 54.6 Å². The molecule has 10 heteroatoms. The first-order valence-electron chi connectivity index (χ1n) is 9.85. The van der Waals surface area contributed by atoms with E-state index in [1.807, 2.05) is 0 Å². The van der Waals surface area contributed by atoms with Crippen LogP contribution in [0.1, 0.15) is 17.5 Å². The Bertz CT molecular complexity index is 949. The summed E-state index contributed by atoms with van der Waals surface area (Å²) in [7, 11) is 0. The van der Waals surface area contributed by atoms with Crippen molar-refractivity contribution in [2.45, 2.75) is 37.4 Å². The standard InChI is InChI=1S/C22H26N4O6/c23-16(10-14-6-8-15(27)9-7-14)20(29)25-17(11-13-4-2-1-3-5-13)21(30)26-18(22(31)32)12-19(24)28/h1-9,16-18,27H,10-12,23H2,(H2,24,28)(H,25,29)(H,26,30)(H,31,32)/t16-,17-,18-/m0/s1. The summed E-state index contributed by atoms with van der Waals surface area (Å²) in [5, 5.41) is 23.4. The van der Waals surface area contributed by atoms with E-state index in [0.717, 1.165) is 5.56 Å². The van der Waals surface area contributed by atoms with Gasteiger partial charge < -0.3 is 32.3 Å². The lowest BCUT2D eigenvalue weighted by atomic mass is 10.0. The van der Waals surface area contributed by atoms with E-state index in [2.05, 4.69) is 10.6 Å². The van der Waals surface area contributed by atoms with E-state index in [1.54, 1.807) is 42.5 Å². The summed E-state index contributed by atoms with van der Waals surface area (Å²) in [4.78, 5) is 47.9. The van der Waals surface area contributed by atoms with Gasteiger partial charge in [-0.3, -0.25) is 14.4 Å².